The van der Waals surface area contributed by atoms with E-state index >= 15 is 0 Å². The highest BCUT2D eigenvalue weighted by molar-refractivity contribution is 5.80. The fourth-order valence-electron chi connectivity index (χ4n) is 7.00. The lowest BCUT2D eigenvalue weighted by atomic mass is 9.76. The Morgan fingerprint density at radius 1 is 1.09 bits per heavy atom. The van der Waals surface area contributed by atoms with E-state index in [1.807, 2.05) is 71.5 Å². The van der Waals surface area contributed by atoms with Crippen molar-refractivity contribution in [2.24, 2.45) is 0 Å². The van der Waals surface area contributed by atoms with Crippen LogP contribution >= 0.6 is 0 Å². The van der Waals surface area contributed by atoms with Crippen LogP contribution in [-0.2, 0) is 17.6 Å². The molecule has 1 fully saturated rings. The van der Waals surface area contributed by atoms with Crippen molar-refractivity contribution in [1.82, 2.24) is 29.3 Å². The standard InChI is InChI=1S/C34H40N6O5/c1-5-8-28-27(19-22-11-13-23(14-12-22)25-9-6-7-10-26(25)29-37-32(42)45-38-29)30(41)39(31-35-21-36-40(28)31)24-15-17-34(44-4,18-16-24)20-33(2,3)43/h6-7,9-14,21,24,43H,5,8,15-20H2,1-4H3,(H,37,38,42)/t24-,34+. The number of nitrogens with one attached hydrogen (secondary N) is 1. The molecule has 3 heterocycles. The summed E-state index contributed by atoms with van der Waals surface area (Å²) in [5.74, 6) is 0.340. The van der Waals surface area contributed by atoms with Crippen LogP contribution in [0.25, 0.3) is 28.3 Å². The van der Waals surface area contributed by atoms with Crippen LogP contribution in [0.2, 0.25) is 0 Å². The highest BCUT2D eigenvalue weighted by atomic mass is 16.5. The summed E-state index contributed by atoms with van der Waals surface area (Å²) in [6.45, 7) is 5.72. The molecule has 45 heavy (non-hydrogen) atoms. The van der Waals surface area contributed by atoms with Crippen LogP contribution in [-0.4, -0.2) is 52.7 Å². The lowest BCUT2D eigenvalue weighted by molar-refractivity contribution is -0.0977. The van der Waals surface area contributed by atoms with Crippen molar-refractivity contribution in [3.63, 3.8) is 0 Å². The highest BCUT2D eigenvalue weighted by Crippen LogP contribution is 2.41. The van der Waals surface area contributed by atoms with E-state index in [1.54, 1.807) is 7.11 Å². The maximum absolute atomic E-state index is 14.4. The van der Waals surface area contributed by atoms with Crippen LogP contribution in [0.15, 0.2) is 69.0 Å². The van der Waals surface area contributed by atoms with Crippen molar-refractivity contribution in [3.8, 4) is 22.5 Å². The van der Waals surface area contributed by atoms with Gasteiger partial charge in [0.15, 0.2) is 5.82 Å². The molecule has 3 aromatic heterocycles. The molecule has 0 atom stereocenters. The number of aliphatic hydroxyl groups is 1. The molecule has 5 aromatic rings. The highest BCUT2D eigenvalue weighted by Gasteiger charge is 2.40. The molecular weight excluding hydrogens is 572 g/mol. The Balaban J connectivity index is 1.34. The minimum atomic E-state index is -0.846. The van der Waals surface area contributed by atoms with E-state index in [9.17, 15) is 14.7 Å². The van der Waals surface area contributed by atoms with Crippen molar-refractivity contribution in [2.45, 2.75) is 89.4 Å². The lowest BCUT2D eigenvalue weighted by Gasteiger charge is -2.42. The molecule has 1 aliphatic rings. The van der Waals surface area contributed by atoms with Crippen LogP contribution in [0.4, 0.5) is 0 Å². The molecule has 11 heteroatoms. The summed E-state index contributed by atoms with van der Waals surface area (Å²) in [4.78, 5) is 33.2. The van der Waals surface area contributed by atoms with E-state index < -0.39 is 17.0 Å². The van der Waals surface area contributed by atoms with Gasteiger partial charge in [-0.05, 0) is 62.6 Å². The third-order valence-electron chi connectivity index (χ3n) is 9.00. The van der Waals surface area contributed by atoms with E-state index in [1.165, 1.54) is 6.33 Å². The van der Waals surface area contributed by atoms with E-state index in [0.29, 0.717) is 30.9 Å². The topological polar surface area (TPSA) is 141 Å². The average molecular weight is 613 g/mol. The molecular formula is C34H40N6O5. The summed E-state index contributed by atoms with van der Waals surface area (Å²) in [6.07, 6.45) is 7.04. The van der Waals surface area contributed by atoms with E-state index in [2.05, 4.69) is 27.1 Å². The normalized spacial score (nSPS) is 18.9. The summed E-state index contributed by atoms with van der Waals surface area (Å²) in [7, 11) is 1.71. The van der Waals surface area contributed by atoms with Crippen molar-refractivity contribution in [2.75, 3.05) is 7.11 Å². The molecule has 1 aliphatic carbocycles. The molecule has 1 saturated carbocycles. The van der Waals surface area contributed by atoms with Gasteiger partial charge in [-0.1, -0.05) is 67.0 Å². The van der Waals surface area contributed by atoms with Crippen LogP contribution in [0.3, 0.4) is 0 Å². The van der Waals surface area contributed by atoms with Crippen LogP contribution in [0.1, 0.15) is 82.2 Å². The average Bonchev–Trinajstić information content (AvgIpc) is 3.69. The maximum Gasteiger partial charge on any atom is 0.439 e. The molecule has 11 nitrogen and oxygen atoms in total. The first kappa shape index (κ1) is 30.7. The predicted molar refractivity (Wildman–Crippen MR) is 170 cm³/mol. The number of hydrogen-bond acceptors (Lipinski definition) is 8. The minimum Gasteiger partial charge on any atom is -0.390 e. The number of ether oxygens (including phenoxy) is 1. The molecule has 0 bridgehead atoms. The number of fused-ring (bicyclic) bond motifs is 1. The summed E-state index contributed by atoms with van der Waals surface area (Å²) >= 11 is 0. The number of H-pyrrole nitrogens is 1. The van der Waals surface area contributed by atoms with Crippen molar-refractivity contribution >= 4 is 5.78 Å². The van der Waals surface area contributed by atoms with Crippen molar-refractivity contribution in [1.29, 1.82) is 0 Å². The van der Waals surface area contributed by atoms with Crippen LogP contribution < -0.4 is 11.3 Å². The molecule has 0 amide bonds. The Morgan fingerprint density at radius 3 is 2.42 bits per heavy atom. The summed E-state index contributed by atoms with van der Waals surface area (Å²) in [6, 6.07) is 15.7. The van der Waals surface area contributed by atoms with Gasteiger partial charge in [0.2, 0.25) is 5.78 Å². The third-order valence-corrected chi connectivity index (χ3v) is 9.00. The van der Waals surface area contributed by atoms with E-state index in [-0.39, 0.29) is 11.6 Å². The van der Waals surface area contributed by atoms with Crippen LogP contribution in [0.5, 0.6) is 0 Å². The summed E-state index contributed by atoms with van der Waals surface area (Å²) < 4.78 is 14.4. The molecule has 0 aliphatic heterocycles. The predicted octanol–water partition coefficient (Wildman–Crippen LogP) is 5.11. The zero-order chi connectivity index (χ0) is 31.8. The fraction of sp³-hybridized carbons (Fsp3) is 0.441. The van der Waals surface area contributed by atoms with E-state index in [4.69, 9.17) is 9.26 Å². The number of hydrogen-bond donors (Lipinski definition) is 2. The van der Waals surface area contributed by atoms with Gasteiger partial charge in [0.1, 0.15) is 6.33 Å². The van der Waals surface area contributed by atoms with Gasteiger partial charge in [-0.2, -0.15) is 10.1 Å². The number of methoxy groups -OCH3 is 1. The van der Waals surface area contributed by atoms with Crippen molar-refractivity contribution in [3.05, 3.63) is 92.6 Å². The number of aryl methyl sites for hydroxylation is 1. The van der Waals surface area contributed by atoms with Gasteiger partial charge >= 0.3 is 5.76 Å². The Hall–Kier alpha value is -4.35. The zero-order valence-corrected chi connectivity index (χ0v) is 26.2. The number of nitrogens with zero attached hydrogens (tertiary/aromatic N) is 5. The molecule has 0 radical (unpaired) electrons. The maximum atomic E-state index is 14.4. The second-order valence-corrected chi connectivity index (χ2v) is 12.8. The smallest absolute Gasteiger partial charge is 0.390 e. The zero-order valence-electron chi connectivity index (χ0n) is 26.2. The molecule has 2 aromatic carbocycles. The van der Waals surface area contributed by atoms with Gasteiger partial charge in [0.05, 0.1) is 16.9 Å². The summed E-state index contributed by atoms with van der Waals surface area (Å²) in [5.41, 5.74) is 3.93. The molecule has 2 N–H and O–H groups in total. The SMILES string of the molecule is CCCc1c(Cc2ccc(-c3ccccc3-c3noc(=O)[nH]3)cc2)c(=O)n([C@H]2CC[C@@](CC(C)(C)O)(OC)CC2)c2ncnn12. The first-order chi connectivity index (χ1) is 21.6. The first-order valence-electron chi connectivity index (χ1n) is 15.6. The van der Waals surface area contributed by atoms with Gasteiger partial charge in [0, 0.05) is 37.1 Å². The molecule has 0 saturated heterocycles. The second kappa shape index (κ2) is 12.2. The molecule has 0 spiro atoms. The molecule has 6 rings (SSSR count). The number of rotatable bonds is 10. The third kappa shape index (κ3) is 6.14. The lowest BCUT2D eigenvalue weighted by Crippen LogP contribution is -2.44. The quantitative estimate of drug-likeness (QED) is 0.222. The fourth-order valence-corrected chi connectivity index (χ4v) is 7.00. The number of aromatic amines is 1. The van der Waals surface area contributed by atoms with Gasteiger partial charge < -0.3 is 9.84 Å². The summed E-state index contributed by atoms with van der Waals surface area (Å²) in [5, 5.41) is 19.0. The van der Waals surface area contributed by atoms with Gasteiger partial charge in [-0.3, -0.25) is 18.9 Å². The van der Waals surface area contributed by atoms with Gasteiger partial charge in [0.25, 0.3) is 5.56 Å². The minimum absolute atomic E-state index is 0.0271. The molecule has 0 unspecified atom stereocenters. The number of aromatic nitrogens is 6. The van der Waals surface area contributed by atoms with Gasteiger partial charge in [-0.15, -0.1) is 0 Å². The molecule has 236 valence electrons. The van der Waals surface area contributed by atoms with Crippen molar-refractivity contribution < 1.29 is 14.4 Å². The second-order valence-electron chi connectivity index (χ2n) is 12.8. The largest absolute Gasteiger partial charge is 0.439 e. The van der Waals surface area contributed by atoms with Crippen LogP contribution in [0, 0.1) is 0 Å². The monoisotopic (exact) mass is 612 g/mol. The van der Waals surface area contributed by atoms with Gasteiger partial charge in [-0.25, -0.2) is 9.31 Å². The Labute approximate surface area is 260 Å². The van der Waals surface area contributed by atoms with E-state index in [0.717, 1.165) is 65.6 Å². The number of benzene rings is 2. The Morgan fingerprint density at radius 2 is 1.80 bits per heavy atom. The Kier molecular flexibility index (Phi) is 8.32. The first-order valence-corrected chi connectivity index (χ1v) is 15.6. The Bertz CT molecular complexity index is 1900.